The second-order valence-corrected chi connectivity index (χ2v) is 7.87. The Hall–Kier alpha value is 2.41. The van der Waals surface area contributed by atoms with Crippen LogP contribution in [0.25, 0.3) is 0 Å². The summed E-state index contributed by atoms with van der Waals surface area (Å²) < 4.78 is 0. The maximum atomic E-state index is 3.78. The summed E-state index contributed by atoms with van der Waals surface area (Å²) in [7, 11) is 10.7. The van der Waals surface area contributed by atoms with E-state index in [0.717, 1.165) is 0 Å². The summed E-state index contributed by atoms with van der Waals surface area (Å²) >= 11 is 0. The van der Waals surface area contributed by atoms with E-state index in [1.54, 1.807) is 0 Å². The second kappa shape index (κ2) is 6.41. The van der Waals surface area contributed by atoms with Gasteiger partial charge in [0.1, 0.15) is 0 Å². The van der Waals surface area contributed by atoms with Crippen LogP contribution in [0.2, 0.25) is 0 Å². The van der Waals surface area contributed by atoms with E-state index < -0.39 is 10.5 Å². The fourth-order valence-corrected chi connectivity index (χ4v) is 0. The molecule has 5 heteroatoms. The summed E-state index contributed by atoms with van der Waals surface area (Å²) in [6.45, 7) is 0. The van der Waals surface area contributed by atoms with Crippen molar-refractivity contribution in [3.63, 3.8) is 0 Å². The predicted octanol–water partition coefficient (Wildman–Crippen LogP) is 1.93. The Morgan fingerprint density at radius 2 is 1.00 bits per heavy atom. The Kier molecular flexibility index (Phi) is 13.3. The van der Waals surface area contributed by atoms with E-state index in [-0.39, 0.29) is 18.9 Å². The van der Waals surface area contributed by atoms with Crippen molar-refractivity contribution in [3.8, 4) is 0 Å². The van der Waals surface area contributed by atoms with Crippen molar-refractivity contribution in [2.24, 2.45) is 0 Å². The third-order valence-corrected chi connectivity index (χ3v) is 0. The maximum absolute atomic E-state index is 3.78. The topological polar surface area (TPSA) is 0 Å². The Labute approximate surface area is 51.1 Å². The van der Waals surface area contributed by atoms with Crippen molar-refractivity contribution in [3.05, 3.63) is 0 Å². The van der Waals surface area contributed by atoms with Crippen molar-refractivity contribution in [2.75, 3.05) is 0 Å². The molecule has 0 nitrogen and oxygen atoms in total. The van der Waals surface area contributed by atoms with Gasteiger partial charge in [0.15, 0.2) is 0 Å². The zero-order valence-electron chi connectivity index (χ0n) is 1.70. The minimum atomic E-state index is -0.667. The number of rotatable bonds is 0. The van der Waals surface area contributed by atoms with Crippen molar-refractivity contribution < 1.29 is 10.5 Å². The predicted molar refractivity (Wildman–Crippen MR) is 27.9 cm³/mol. The fourth-order valence-electron chi connectivity index (χ4n) is 0. The summed E-state index contributed by atoms with van der Waals surface area (Å²) in [5, 5.41) is 0. The Morgan fingerprint density at radius 1 is 1.00 bits per heavy atom. The molecule has 0 heterocycles. The van der Waals surface area contributed by atoms with E-state index in [1.165, 1.54) is 0 Å². The van der Waals surface area contributed by atoms with Gasteiger partial charge in [0.2, 0.25) is 0 Å². The van der Waals surface area contributed by atoms with Gasteiger partial charge in [-0.25, -0.2) is 0 Å². The van der Waals surface area contributed by atoms with Crippen molar-refractivity contribution >= 4 is 40.7 Å². The minimum absolute atomic E-state index is 0. The molecule has 0 unspecified atom stereocenters. The normalized spacial score (nSPS) is 4.20. The molecule has 0 spiro atoms. The van der Waals surface area contributed by atoms with Crippen LogP contribution in [-0.4, -0.2) is 18.9 Å². The fraction of sp³-hybridized carbons (Fsp3) is 0. The van der Waals surface area contributed by atoms with E-state index in [4.69, 9.17) is 0 Å². The third-order valence-electron chi connectivity index (χ3n) is 0. The van der Waals surface area contributed by atoms with Gasteiger partial charge in [-0.1, -0.05) is 0 Å². The van der Waals surface area contributed by atoms with Gasteiger partial charge >= 0.3 is 51.2 Å². The van der Waals surface area contributed by atoms with Crippen LogP contribution in [0.3, 0.4) is 0 Å². The molecule has 0 amide bonds. The van der Waals surface area contributed by atoms with Crippen LogP contribution in [0.5, 0.6) is 0 Å². The first kappa shape index (κ1) is 10.4. The standard InChI is InChI=1S/Fe.Li.3P.H. The van der Waals surface area contributed by atoms with Crippen molar-refractivity contribution in [1.82, 2.24) is 0 Å². The summed E-state index contributed by atoms with van der Waals surface area (Å²) in [5.41, 5.74) is 0. The molecule has 0 aromatic heterocycles. The van der Waals surface area contributed by atoms with Gasteiger partial charge < -0.3 is 0 Å². The molecule has 0 radical (unpaired) electrons. The van der Waals surface area contributed by atoms with Gasteiger partial charge in [-0.15, -0.1) is 0 Å². The molecule has 0 aromatic carbocycles. The summed E-state index contributed by atoms with van der Waals surface area (Å²) in [5.74, 6) is 0. The zero-order valence-corrected chi connectivity index (χ0v) is 5.48. The molecule has 0 atom stereocenters. The molecule has 0 aliphatic rings. The van der Waals surface area contributed by atoms with E-state index in [9.17, 15) is 0 Å². The third kappa shape index (κ3) is 21.5. The molecule has 0 aliphatic heterocycles. The molecule has 0 rings (SSSR count). The first-order valence-electron chi connectivity index (χ1n) is 0.474. The van der Waals surface area contributed by atoms with Crippen LogP contribution in [0.15, 0.2) is 0 Å². The Bertz CT molecular complexity index is 222. The van der Waals surface area contributed by atoms with Crippen LogP contribution >= 0.6 is 21.8 Å². The molecule has 0 fully saturated rings. The first-order valence-corrected chi connectivity index (χ1v) is 5.87. The molecule has 0 saturated heterocycles. The molecule has 0 aromatic rings. The van der Waals surface area contributed by atoms with E-state index in [0.29, 0.717) is 0 Å². The molecular formula is HFeLiP3. The molecular weight excluding hydrogens is 156 g/mol. The molecule has 0 bridgehead atoms. The van der Waals surface area contributed by atoms with Gasteiger partial charge in [0.05, 0.1) is 0 Å². The monoisotopic (exact) mass is 157 g/mol. The van der Waals surface area contributed by atoms with Gasteiger partial charge in [0.25, 0.3) is 0 Å². The number of hydrogen-bond donors (Lipinski definition) is 0. The van der Waals surface area contributed by atoms with Gasteiger partial charge in [-0.3, -0.25) is 0 Å². The van der Waals surface area contributed by atoms with E-state index in [2.05, 4.69) is 21.8 Å². The SMILES string of the molecule is [LiH].[P]#[Fe](#[P])#[P]. The summed E-state index contributed by atoms with van der Waals surface area (Å²) in [4.78, 5) is 0. The van der Waals surface area contributed by atoms with Crippen LogP contribution in [0.4, 0.5) is 0 Å². The average molecular weight is 157 g/mol. The molecule has 25 valence electrons. The number of hydrogen-bond acceptors (Lipinski definition) is 0. The van der Waals surface area contributed by atoms with Crippen molar-refractivity contribution in [2.45, 2.75) is 0 Å². The van der Waals surface area contributed by atoms with E-state index in [1.807, 2.05) is 0 Å². The quantitative estimate of drug-likeness (QED) is 0.372. The van der Waals surface area contributed by atoms with Crippen molar-refractivity contribution in [1.29, 1.82) is 0 Å². The van der Waals surface area contributed by atoms with Gasteiger partial charge in [-0.05, 0) is 0 Å². The average Bonchev–Trinajstić information content (AvgIpc) is 0.811. The zero-order chi connectivity index (χ0) is 3.58. The first-order chi connectivity index (χ1) is 1.73. The Balaban J connectivity index is 0. The van der Waals surface area contributed by atoms with Gasteiger partial charge in [0, 0.05) is 0 Å². The molecule has 0 saturated carbocycles. The summed E-state index contributed by atoms with van der Waals surface area (Å²) in [6.07, 6.45) is 0. The Morgan fingerprint density at radius 3 is 1.00 bits per heavy atom. The second-order valence-electron chi connectivity index (χ2n) is 0.212. The van der Waals surface area contributed by atoms with Crippen LogP contribution < -0.4 is 0 Å². The van der Waals surface area contributed by atoms with Crippen LogP contribution in [0.1, 0.15) is 0 Å². The van der Waals surface area contributed by atoms with Crippen LogP contribution in [0, 0.1) is 0 Å². The van der Waals surface area contributed by atoms with Crippen LogP contribution in [-0.2, 0) is 10.5 Å². The molecule has 0 N–H and O–H groups in total. The van der Waals surface area contributed by atoms with E-state index >= 15 is 0 Å². The molecule has 0 aliphatic carbocycles. The molecule has 5 heavy (non-hydrogen) atoms. The summed E-state index contributed by atoms with van der Waals surface area (Å²) in [6, 6.07) is 0. The van der Waals surface area contributed by atoms with Gasteiger partial charge in [-0.2, -0.15) is 0 Å².